The number of nitrogens with one attached hydrogen (secondary N) is 2. The highest BCUT2D eigenvalue weighted by atomic mass is 16.2. The second-order valence-electron chi connectivity index (χ2n) is 5.03. The fourth-order valence-electron chi connectivity index (χ4n) is 1.95. The number of barbiturate groups is 1. The van der Waals surface area contributed by atoms with Gasteiger partial charge in [-0.1, -0.05) is 26.0 Å². The van der Waals surface area contributed by atoms with Crippen LogP contribution < -0.4 is 10.6 Å². The topological polar surface area (TPSA) is 75.3 Å². The monoisotopic (exact) mass is 252 g/mol. The van der Waals surface area contributed by atoms with Crippen LogP contribution in [0.3, 0.4) is 0 Å². The summed E-state index contributed by atoms with van der Waals surface area (Å²) in [6, 6.07) is -0.731. The zero-order valence-corrected chi connectivity index (χ0v) is 11.1. The zero-order valence-electron chi connectivity index (χ0n) is 11.1. The van der Waals surface area contributed by atoms with Crippen LogP contribution in [-0.2, 0) is 9.59 Å². The van der Waals surface area contributed by atoms with Gasteiger partial charge in [0.1, 0.15) is 5.41 Å². The van der Waals surface area contributed by atoms with Gasteiger partial charge in [0.05, 0.1) is 0 Å². The molecule has 0 unspecified atom stereocenters. The molecule has 1 saturated heterocycles. The van der Waals surface area contributed by atoms with Crippen molar-refractivity contribution in [2.45, 2.75) is 40.0 Å². The summed E-state index contributed by atoms with van der Waals surface area (Å²) in [5, 5.41) is 4.38. The largest absolute Gasteiger partial charge is 0.328 e. The fourth-order valence-corrected chi connectivity index (χ4v) is 1.95. The van der Waals surface area contributed by atoms with Crippen molar-refractivity contribution in [3.8, 4) is 0 Å². The van der Waals surface area contributed by atoms with Crippen LogP contribution in [0.4, 0.5) is 4.79 Å². The number of amides is 4. The van der Waals surface area contributed by atoms with Gasteiger partial charge in [0, 0.05) is 0 Å². The highest BCUT2D eigenvalue weighted by Crippen LogP contribution is 2.33. The summed E-state index contributed by atoms with van der Waals surface area (Å²) in [7, 11) is 0. The van der Waals surface area contributed by atoms with Gasteiger partial charge in [-0.2, -0.15) is 0 Å². The second-order valence-corrected chi connectivity index (χ2v) is 5.03. The fraction of sp³-hybridized carbons (Fsp3) is 0.615. The summed E-state index contributed by atoms with van der Waals surface area (Å²) in [4.78, 5) is 35.2. The quantitative estimate of drug-likeness (QED) is 0.578. The highest BCUT2D eigenvalue weighted by molar-refractivity contribution is 6.19. The Hall–Kier alpha value is -1.65. The molecular formula is C13H20N2O3. The second kappa shape index (κ2) is 5.80. The Kier molecular flexibility index (Phi) is 4.64. The lowest BCUT2D eigenvalue weighted by Gasteiger charge is -2.33. The molecule has 1 heterocycles. The number of urea groups is 1. The first kappa shape index (κ1) is 14.4. The van der Waals surface area contributed by atoms with E-state index in [2.05, 4.69) is 10.6 Å². The zero-order chi connectivity index (χ0) is 13.8. The number of carbonyl (C=O) groups is 3. The number of allylic oxidation sites excluding steroid dienone is 2. The van der Waals surface area contributed by atoms with E-state index in [1.54, 1.807) is 12.2 Å². The van der Waals surface area contributed by atoms with E-state index in [0.29, 0.717) is 18.8 Å². The maximum absolute atomic E-state index is 12.0. The van der Waals surface area contributed by atoms with Gasteiger partial charge in [-0.15, -0.1) is 0 Å². The Labute approximate surface area is 107 Å². The van der Waals surface area contributed by atoms with Gasteiger partial charge in [-0.3, -0.25) is 20.2 Å². The van der Waals surface area contributed by atoms with Crippen LogP contribution in [-0.4, -0.2) is 17.8 Å². The van der Waals surface area contributed by atoms with Gasteiger partial charge in [0.15, 0.2) is 0 Å². The van der Waals surface area contributed by atoms with Crippen LogP contribution in [0.15, 0.2) is 12.2 Å². The molecule has 1 rings (SSSR count). The standard InChI is InChI=1S/C13H20N2O3/c1-4-5-7-13(8-6-9(2)3)10(16)14-12(18)15-11(13)17/h4-5,9H,6-8H2,1-3H3,(H2,14,15,16,17,18)/b5-4-. The minimum absolute atomic E-state index is 0.321. The molecule has 0 bridgehead atoms. The normalized spacial score (nSPS) is 19.2. The smallest absolute Gasteiger partial charge is 0.277 e. The summed E-state index contributed by atoms with van der Waals surface area (Å²) in [5.74, 6) is -0.587. The lowest BCUT2D eigenvalue weighted by atomic mass is 9.75. The molecule has 0 aromatic carbocycles. The molecule has 0 aromatic rings. The van der Waals surface area contributed by atoms with Crippen LogP contribution in [0.25, 0.3) is 0 Å². The molecule has 5 heteroatoms. The van der Waals surface area contributed by atoms with Gasteiger partial charge in [-0.25, -0.2) is 4.79 Å². The Bertz CT molecular complexity index is 366. The van der Waals surface area contributed by atoms with Crippen LogP contribution in [0, 0.1) is 11.3 Å². The Morgan fingerprint density at radius 2 is 1.72 bits per heavy atom. The molecule has 0 spiro atoms. The van der Waals surface area contributed by atoms with E-state index in [-0.39, 0.29) is 0 Å². The van der Waals surface area contributed by atoms with Gasteiger partial charge in [0.2, 0.25) is 11.8 Å². The average molecular weight is 252 g/mol. The first-order valence-corrected chi connectivity index (χ1v) is 6.20. The summed E-state index contributed by atoms with van der Waals surface area (Å²) in [6.45, 7) is 5.90. The molecule has 4 amide bonds. The molecule has 0 aromatic heterocycles. The van der Waals surface area contributed by atoms with Crippen molar-refractivity contribution >= 4 is 17.8 Å². The van der Waals surface area contributed by atoms with Crippen LogP contribution in [0.2, 0.25) is 0 Å². The number of imide groups is 2. The predicted molar refractivity (Wildman–Crippen MR) is 67.6 cm³/mol. The molecular weight excluding hydrogens is 232 g/mol. The summed E-state index contributed by atoms with van der Waals surface area (Å²) >= 11 is 0. The molecule has 0 aliphatic carbocycles. The van der Waals surface area contributed by atoms with Crippen molar-refractivity contribution < 1.29 is 14.4 Å². The number of hydrogen-bond acceptors (Lipinski definition) is 3. The van der Waals surface area contributed by atoms with E-state index in [9.17, 15) is 14.4 Å². The van der Waals surface area contributed by atoms with Crippen molar-refractivity contribution in [1.82, 2.24) is 10.6 Å². The van der Waals surface area contributed by atoms with E-state index < -0.39 is 23.3 Å². The number of rotatable bonds is 5. The maximum Gasteiger partial charge on any atom is 0.328 e. The van der Waals surface area contributed by atoms with E-state index in [1.807, 2.05) is 20.8 Å². The molecule has 1 aliphatic rings. The molecule has 0 radical (unpaired) electrons. The Morgan fingerprint density at radius 3 is 2.17 bits per heavy atom. The van der Waals surface area contributed by atoms with Crippen molar-refractivity contribution in [3.05, 3.63) is 12.2 Å². The van der Waals surface area contributed by atoms with Crippen molar-refractivity contribution in [2.75, 3.05) is 0 Å². The van der Waals surface area contributed by atoms with Crippen LogP contribution in [0.1, 0.15) is 40.0 Å². The molecule has 5 nitrogen and oxygen atoms in total. The van der Waals surface area contributed by atoms with E-state index in [0.717, 1.165) is 6.42 Å². The number of carbonyl (C=O) groups excluding carboxylic acids is 3. The lowest BCUT2D eigenvalue weighted by Crippen LogP contribution is -2.62. The summed E-state index contributed by atoms with van der Waals surface area (Å²) < 4.78 is 0. The van der Waals surface area contributed by atoms with Gasteiger partial charge in [-0.05, 0) is 32.1 Å². The molecule has 1 fully saturated rings. The first-order chi connectivity index (χ1) is 8.42. The molecule has 2 N–H and O–H groups in total. The average Bonchev–Trinajstić information content (AvgIpc) is 2.27. The molecule has 18 heavy (non-hydrogen) atoms. The minimum atomic E-state index is -1.15. The van der Waals surface area contributed by atoms with E-state index in [4.69, 9.17) is 0 Å². The third-order valence-corrected chi connectivity index (χ3v) is 3.17. The molecule has 0 saturated carbocycles. The minimum Gasteiger partial charge on any atom is -0.277 e. The Balaban J connectivity index is 2.97. The number of hydrogen-bond donors (Lipinski definition) is 2. The molecule has 1 aliphatic heterocycles. The third-order valence-electron chi connectivity index (χ3n) is 3.17. The Morgan fingerprint density at radius 1 is 1.17 bits per heavy atom. The maximum atomic E-state index is 12.0. The molecule has 0 atom stereocenters. The lowest BCUT2D eigenvalue weighted by molar-refractivity contribution is -0.144. The first-order valence-electron chi connectivity index (χ1n) is 6.20. The van der Waals surface area contributed by atoms with Crippen molar-refractivity contribution in [3.63, 3.8) is 0 Å². The van der Waals surface area contributed by atoms with Crippen LogP contribution >= 0.6 is 0 Å². The van der Waals surface area contributed by atoms with E-state index >= 15 is 0 Å². The van der Waals surface area contributed by atoms with Gasteiger partial charge in [0.25, 0.3) is 0 Å². The van der Waals surface area contributed by atoms with Gasteiger partial charge >= 0.3 is 6.03 Å². The van der Waals surface area contributed by atoms with Gasteiger partial charge < -0.3 is 0 Å². The van der Waals surface area contributed by atoms with E-state index in [1.165, 1.54) is 0 Å². The van der Waals surface area contributed by atoms with Crippen LogP contribution in [0.5, 0.6) is 0 Å². The highest BCUT2D eigenvalue weighted by Gasteiger charge is 2.48. The third kappa shape index (κ3) is 2.97. The summed E-state index contributed by atoms with van der Waals surface area (Å²) in [5.41, 5.74) is -1.15. The molecule has 100 valence electrons. The predicted octanol–water partition coefficient (Wildman–Crippen LogP) is 1.74. The van der Waals surface area contributed by atoms with Crippen molar-refractivity contribution in [1.29, 1.82) is 0 Å². The SMILES string of the molecule is C/C=C\CC1(CCC(C)C)C(=O)NC(=O)NC1=O. The van der Waals surface area contributed by atoms with Crippen molar-refractivity contribution in [2.24, 2.45) is 11.3 Å². The summed E-state index contributed by atoms with van der Waals surface area (Å²) in [6.07, 6.45) is 5.11.